The Labute approximate surface area is 199 Å². The molecule has 4 rings (SSSR count). The van der Waals surface area contributed by atoms with Crippen molar-refractivity contribution >= 4 is 40.0 Å². The summed E-state index contributed by atoms with van der Waals surface area (Å²) in [6.07, 6.45) is 0. The fraction of sp³-hybridized carbons (Fsp3) is 0.154. The van der Waals surface area contributed by atoms with Gasteiger partial charge in [-0.25, -0.2) is 9.37 Å². The van der Waals surface area contributed by atoms with E-state index in [4.69, 9.17) is 0 Å². The number of rotatable bonds is 6. The number of Topliss-reactive ketones (excluding diaryl/α,β-unsaturated/α-hetero) is 1. The summed E-state index contributed by atoms with van der Waals surface area (Å²) in [7, 11) is 0. The Kier molecular flexibility index (Phi) is 6.61. The number of nitrogens with zero attached hydrogens (tertiary/aromatic N) is 2. The quantitative estimate of drug-likeness (QED) is 0.237. The van der Waals surface area contributed by atoms with Gasteiger partial charge in [-0.15, -0.1) is 0 Å². The summed E-state index contributed by atoms with van der Waals surface area (Å²) < 4.78 is 15.7. The molecule has 1 aromatic heterocycles. The van der Waals surface area contributed by atoms with Gasteiger partial charge >= 0.3 is 0 Å². The van der Waals surface area contributed by atoms with Crippen LogP contribution in [0.15, 0.2) is 76.7 Å². The van der Waals surface area contributed by atoms with E-state index in [1.165, 1.54) is 17.6 Å². The summed E-state index contributed by atoms with van der Waals surface area (Å²) in [4.78, 5) is 42.5. The molecule has 1 atom stereocenters. The Hall–Kier alpha value is -3.78. The van der Waals surface area contributed by atoms with Crippen molar-refractivity contribution in [2.75, 3.05) is 5.32 Å². The molecule has 1 unspecified atom stereocenters. The number of hydrogen-bond acceptors (Lipinski definition) is 5. The topological polar surface area (TPSA) is 81.1 Å². The van der Waals surface area contributed by atoms with Crippen molar-refractivity contribution in [2.24, 2.45) is 0 Å². The van der Waals surface area contributed by atoms with Crippen molar-refractivity contribution in [3.63, 3.8) is 0 Å². The highest BCUT2D eigenvalue weighted by Gasteiger charge is 2.21. The largest absolute Gasteiger partial charge is 0.325 e. The predicted molar refractivity (Wildman–Crippen MR) is 132 cm³/mol. The minimum Gasteiger partial charge on any atom is -0.325 e. The summed E-state index contributed by atoms with van der Waals surface area (Å²) in [6, 6.07) is 18.1. The van der Waals surface area contributed by atoms with Crippen molar-refractivity contribution in [2.45, 2.75) is 31.2 Å². The minimum absolute atomic E-state index is 0.103. The van der Waals surface area contributed by atoms with Gasteiger partial charge in [0.2, 0.25) is 5.91 Å². The molecule has 3 aromatic carbocycles. The van der Waals surface area contributed by atoms with Crippen molar-refractivity contribution in [3.05, 3.63) is 94.0 Å². The molecule has 1 N–H and O–H groups in total. The lowest BCUT2D eigenvalue weighted by atomic mass is 10.1. The smallest absolute Gasteiger partial charge is 0.266 e. The van der Waals surface area contributed by atoms with Gasteiger partial charge in [0.25, 0.3) is 5.56 Å². The molecule has 0 bridgehead atoms. The highest BCUT2D eigenvalue weighted by molar-refractivity contribution is 8.00. The van der Waals surface area contributed by atoms with E-state index >= 15 is 0 Å². The molecular weight excluding hydrogens is 453 g/mol. The third-order valence-electron chi connectivity index (χ3n) is 5.35. The summed E-state index contributed by atoms with van der Waals surface area (Å²) in [6.45, 7) is 4.79. The molecule has 172 valence electrons. The molecule has 1 amide bonds. The molecule has 0 aliphatic carbocycles. The second kappa shape index (κ2) is 9.61. The third-order valence-corrected chi connectivity index (χ3v) is 6.40. The summed E-state index contributed by atoms with van der Waals surface area (Å²) in [5.41, 5.74) is 1.91. The number of para-hydroxylation sites is 1. The Balaban J connectivity index is 1.71. The number of benzene rings is 3. The third kappa shape index (κ3) is 4.77. The van der Waals surface area contributed by atoms with E-state index < -0.39 is 11.1 Å². The minimum atomic E-state index is -0.643. The second-order valence-corrected chi connectivity index (χ2v) is 9.18. The first-order valence-corrected chi connectivity index (χ1v) is 11.5. The number of thioether (sulfide) groups is 1. The first-order valence-electron chi connectivity index (χ1n) is 10.6. The fourth-order valence-electron chi connectivity index (χ4n) is 3.41. The monoisotopic (exact) mass is 475 g/mol. The van der Waals surface area contributed by atoms with Gasteiger partial charge in [-0.3, -0.25) is 19.0 Å². The van der Waals surface area contributed by atoms with E-state index in [2.05, 4.69) is 10.3 Å². The molecule has 0 radical (unpaired) electrons. The zero-order chi connectivity index (χ0) is 24.4. The van der Waals surface area contributed by atoms with Gasteiger partial charge < -0.3 is 5.32 Å². The maximum Gasteiger partial charge on any atom is 0.266 e. The van der Waals surface area contributed by atoms with Crippen LogP contribution in [0.4, 0.5) is 10.1 Å². The van der Waals surface area contributed by atoms with Gasteiger partial charge in [0, 0.05) is 11.3 Å². The van der Waals surface area contributed by atoms with Crippen molar-refractivity contribution < 1.29 is 14.0 Å². The van der Waals surface area contributed by atoms with E-state index in [0.717, 1.165) is 11.8 Å². The molecule has 8 heteroatoms. The fourth-order valence-corrected chi connectivity index (χ4v) is 4.34. The van der Waals surface area contributed by atoms with Crippen LogP contribution in [0.25, 0.3) is 16.6 Å². The van der Waals surface area contributed by atoms with E-state index in [1.807, 2.05) is 0 Å². The van der Waals surface area contributed by atoms with Gasteiger partial charge in [0.1, 0.15) is 5.82 Å². The van der Waals surface area contributed by atoms with E-state index in [9.17, 15) is 18.8 Å². The zero-order valence-corrected chi connectivity index (χ0v) is 19.7. The number of anilines is 1. The summed E-state index contributed by atoms with van der Waals surface area (Å²) in [5, 5.41) is 2.82. The van der Waals surface area contributed by atoms with Gasteiger partial charge in [0.05, 0.1) is 21.8 Å². The number of hydrogen-bond donors (Lipinski definition) is 1. The first-order chi connectivity index (χ1) is 16.2. The van der Waals surface area contributed by atoms with Gasteiger partial charge in [-0.05, 0) is 62.7 Å². The first kappa shape index (κ1) is 23.4. The van der Waals surface area contributed by atoms with E-state index in [0.29, 0.717) is 33.4 Å². The molecule has 0 aliphatic heterocycles. The van der Waals surface area contributed by atoms with Crippen LogP contribution in [0, 0.1) is 12.7 Å². The van der Waals surface area contributed by atoms with Gasteiger partial charge in [-0.1, -0.05) is 42.1 Å². The SMILES string of the molecule is CC(=O)c1cccc(NC(=O)C(C)Sc2nc3ccccc3c(=O)n2-c2ccc(C)c(F)c2)c1. The highest BCUT2D eigenvalue weighted by Crippen LogP contribution is 2.26. The molecule has 1 heterocycles. The Morgan fingerprint density at radius 1 is 1.06 bits per heavy atom. The second-order valence-electron chi connectivity index (χ2n) is 7.87. The number of ketones is 1. The van der Waals surface area contributed by atoms with Crippen LogP contribution in [0.1, 0.15) is 29.8 Å². The molecule has 34 heavy (non-hydrogen) atoms. The molecule has 0 aliphatic rings. The Morgan fingerprint density at radius 3 is 2.56 bits per heavy atom. The lowest BCUT2D eigenvalue weighted by Gasteiger charge is -2.17. The highest BCUT2D eigenvalue weighted by atomic mass is 32.2. The molecular formula is C26H22FN3O3S. The number of aromatic nitrogens is 2. The molecule has 0 saturated carbocycles. The van der Waals surface area contributed by atoms with Crippen molar-refractivity contribution in [1.82, 2.24) is 9.55 Å². The molecule has 0 saturated heterocycles. The van der Waals surface area contributed by atoms with Crippen LogP contribution >= 0.6 is 11.8 Å². The van der Waals surface area contributed by atoms with Crippen LogP contribution in [-0.4, -0.2) is 26.5 Å². The van der Waals surface area contributed by atoms with E-state index in [-0.39, 0.29) is 22.4 Å². The van der Waals surface area contributed by atoms with E-state index in [1.54, 1.807) is 74.5 Å². The molecule has 4 aromatic rings. The number of halogens is 1. The summed E-state index contributed by atoms with van der Waals surface area (Å²) in [5.74, 6) is -0.868. The molecule has 6 nitrogen and oxygen atoms in total. The lowest BCUT2D eigenvalue weighted by molar-refractivity contribution is -0.115. The zero-order valence-electron chi connectivity index (χ0n) is 18.8. The Bertz CT molecular complexity index is 1480. The van der Waals surface area contributed by atoms with Crippen LogP contribution in [-0.2, 0) is 4.79 Å². The van der Waals surface area contributed by atoms with Crippen molar-refractivity contribution in [3.8, 4) is 5.69 Å². The average molecular weight is 476 g/mol. The number of carbonyl (C=O) groups excluding carboxylic acids is 2. The maximum absolute atomic E-state index is 14.3. The lowest BCUT2D eigenvalue weighted by Crippen LogP contribution is -2.26. The average Bonchev–Trinajstić information content (AvgIpc) is 2.81. The normalized spacial score (nSPS) is 11.9. The van der Waals surface area contributed by atoms with Crippen LogP contribution < -0.4 is 10.9 Å². The standard InChI is InChI=1S/C26H22FN3O3S/c1-15-11-12-20(14-22(15)27)30-25(33)21-9-4-5-10-23(21)29-26(30)34-17(3)24(32)28-19-8-6-7-18(13-19)16(2)31/h4-14,17H,1-3H3,(H,28,32). The maximum atomic E-state index is 14.3. The predicted octanol–water partition coefficient (Wildman–Crippen LogP) is 5.16. The number of carbonyl (C=O) groups is 2. The van der Waals surface area contributed by atoms with Gasteiger partial charge in [0.15, 0.2) is 10.9 Å². The number of nitrogens with one attached hydrogen (secondary N) is 1. The molecule has 0 spiro atoms. The number of aryl methyl sites for hydroxylation is 1. The van der Waals surface area contributed by atoms with Crippen LogP contribution in [0.5, 0.6) is 0 Å². The number of amides is 1. The van der Waals surface area contributed by atoms with Gasteiger partial charge in [-0.2, -0.15) is 0 Å². The Morgan fingerprint density at radius 2 is 1.82 bits per heavy atom. The van der Waals surface area contributed by atoms with Crippen LogP contribution in [0.2, 0.25) is 0 Å². The molecule has 0 fully saturated rings. The summed E-state index contributed by atoms with van der Waals surface area (Å²) >= 11 is 1.09. The van der Waals surface area contributed by atoms with Crippen LogP contribution in [0.3, 0.4) is 0 Å². The number of fused-ring (bicyclic) bond motifs is 1. The van der Waals surface area contributed by atoms with Crippen molar-refractivity contribution in [1.29, 1.82) is 0 Å².